The second kappa shape index (κ2) is 7.27. The SMILES string of the molecule is Cn1cnc(COCC(=O)c2ccc(-c3noc(C(F)(F)F)n3)cc2F)c1. The van der Waals surface area contributed by atoms with Crippen LogP contribution in [0, 0.1) is 5.82 Å². The number of ether oxygens (including phenoxy) is 1. The molecule has 2 heterocycles. The molecule has 11 heteroatoms. The van der Waals surface area contributed by atoms with E-state index >= 15 is 0 Å². The number of carbonyl (C=O) groups excluding carboxylic acids is 1. The third-order valence-corrected chi connectivity index (χ3v) is 3.44. The zero-order valence-electron chi connectivity index (χ0n) is 13.8. The Hall–Kier alpha value is -3.08. The summed E-state index contributed by atoms with van der Waals surface area (Å²) in [6, 6.07) is 3.21. The summed E-state index contributed by atoms with van der Waals surface area (Å²) in [4.78, 5) is 19.2. The van der Waals surface area contributed by atoms with E-state index in [1.54, 1.807) is 24.1 Å². The molecule has 0 saturated carbocycles. The normalized spacial score (nSPS) is 11.7. The van der Waals surface area contributed by atoms with Crippen LogP contribution in [0.1, 0.15) is 21.9 Å². The molecule has 0 spiro atoms. The molecule has 0 aliphatic rings. The summed E-state index contributed by atoms with van der Waals surface area (Å²) in [5, 5.41) is 3.16. The first-order valence-electron chi connectivity index (χ1n) is 7.52. The molecule has 0 aliphatic heterocycles. The number of hydrogen-bond donors (Lipinski definition) is 0. The van der Waals surface area contributed by atoms with Crippen LogP contribution in [-0.2, 0) is 24.6 Å². The lowest BCUT2D eigenvalue weighted by molar-refractivity contribution is -0.159. The number of alkyl halides is 3. The van der Waals surface area contributed by atoms with Gasteiger partial charge in [-0.3, -0.25) is 4.79 Å². The van der Waals surface area contributed by atoms with E-state index in [1.165, 1.54) is 6.07 Å². The molecule has 0 bridgehead atoms. The fourth-order valence-electron chi connectivity index (χ4n) is 2.20. The molecule has 0 N–H and O–H groups in total. The third-order valence-electron chi connectivity index (χ3n) is 3.44. The molecule has 1 aromatic carbocycles. The van der Waals surface area contributed by atoms with Crippen LogP contribution < -0.4 is 0 Å². The molecule has 0 amide bonds. The fourth-order valence-corrected chi connectivity index (χ4v) is 2.20. The van der Waals surface area contributed by atoms with Gasteiger partial charge in [0.05, 0.1) is 24.2 Å². The molecule has 0 atom stereocenters. The van der Waals surface area contributed by atoms with Gasteiger partial charge in [0.15, 0.2) is 5.78 Å². The highest BCUT2D eigenvalue weighted by atomic mass is 19.4. The van der Waals surface area contributed by atoms with Crippen molar-refractivity contribution in [2.24, 2.45) is 7.05 Å². The van der Waals surface area contributed by atoms with E-state index in [4.69, 9.17) is 4.74 Å². The average molecular weight is 384 g/mol. The monoisotopic (exact) mass is 384 g/mol. The van der Waals surface area contributed by atoms with Crippen LogP contribution in [0.3, 0.4) is 0 Å². The largest absolute Gasteiger partial charge is 0.471 e. The lowest BCUT2D eigenvalue weighted by atomic mass is 10.1. The second-order valence-electron chi connectivity index (χ2n) is 5.56. The number of rotatable bonds is 6. The van der Waals surface area contributed by atoms with Crippen molar-refractivity contribution in [1.82, 2.24) is 19.7 Å². The zero-order valence-corrected chi connectivity index (χ0v) is 13.8. The summed E-state index contributed by atoms with van der Waals surface area (Å²) >= 11 is 0. The maximum Gasteiger partial charge on any atom is 0.471 e. The summed E-state index contributed by atoms with van der Waals surface area (Å²) in [6.07, 6.45) is -1.52. The molecule has 0 radical (unpaired) electrons. The predicted molar refractivity (Wildman–Crippen MR) is 81.9 cm³/mol. The van der Waals surface area contributed by atoms with Crippen LogP contribution >= 0.6 is 0 Å². The Morgan fingerprint density at radius 2 is 2.11 bits per heavy atom. The predicted octanol–water partition coefficient (Wildman–Crippen LogP) is 3.03. The van der Waals surface area contributed by atoms with Gasteiger partial charge in [-0.1, -0.05) is 11.2 Å². The summed E-state index contributed by atoms with van der Waals surface area (Å²) in [7, 11) is 1.78. The highest BCUT2D eigenvalue weighted by Crippen LogP contribution is 2.29. The van der Waals surface area contributed by atoms with Gasteiger partial charge in [0, 0.05) is 18.8 Å². The van der Waals surface area contributed by atoms with Crippen molar-refractivity contribution in [1.29, 1.82) is 0 Å². The van der Waals surface area contributed by atoms with Gasteiger partial charge in [-0.2, -0.15) is 18.2 Å². The van der Waals surface area contributed by atoms with Crippen molar-refractivity contribution >= 4 is 5.78 Å². The second-order valence-corrected chi connectivity index (χ2v) is 5.56. The van der Waals surface area contributed by atoms with E-state index < -0.39 is 29.5 Å². The summed E-state index contributed by atoms with van der Waals surface area (Å²) < 4.78 is 62.6. The highest BCUT2D eigenvalue weighted by Gasteiger charge is 2.38. The molecular weight excluding hydrogens is 372 g/mol. The number of imidazole rings is 1. The lowest BCUT2D eigenvalue weighted by Crippen LogP contribution is -2.11. The van der Waals surface area contributed by atoms with Crippen molar-refractivity contribution in [2.45, 2.75) is 12.8 Å². The molecule has 0 aliphatic carbocycles. The number of Topliss-reactive ketones (excluding diaryl/α,β-unsaturated/α-hetero) is 1. The minimum Gasteiger partial charge on any atom is -0.367 e. The Balaban J connectivity index is 1.67. The quantitative estimate of drug-likeness (QED) is 0.480. The maximum absolute atomic E-state index is 14.2. The number of halogens is 4. The summed E-state index contributed by atoms with van der Waals surface area (Å²) in [5.74, 6) is -3.54. The van der Waals surface area contributed by atoms with E-state index in [0.29, 0.717) is 5.69 Å². The van der Waals surface area contributed by atoms with Crippen LogP contribution in [0.15, 0.2) is 35.2 Å². The first-order valence-corrected chi connectivity index (χ1v) is 7.52. The van der Waals surface area contributed by atoms with E-state index in [2.05, 4.69) is 19.6 Å². The van der Waals surface area contributed by atoms with E-state index in [0.717, 1.165) is 12.1 Å². The number of aryl methyl sites for hydroxylation is 1. The topological polar surface area (TPSA) is 83.0 Å². The molecule has 3 aromatic rings. The van der Waals surface area contributed by atoms with Crippen molar-refractivity contribution in [2.75, 3.05) is 6.61 Å². The molecule has 27 heavy (non-hydrogen) atoms. The van der Waals surface area contributed by atoms with Gasteiger partial charge >= 0.3 is 12.1 Å². The third kappa shape index (κ3) is 4.37. The minimum absolute atomic E-state index is 0.0577. The van der Waals surface area contributed by atoms with Gasteiger partial charge in [-0.05, 0) is 12.1 Å². The van der Waals surface area contributed by atoms with Crippen LogP contribution in [0.2, 0.25) is 0 Å². The number of benzene rings is 1. The van der Waals surface area contributed by atoms with Crippen LogP contribution in [0.4, 0.5) is 17.6 Å². The van der Waals surface area contributed by atoms with E-state index in [-0.39, 0.29) is 24.3 Å². The Morgan fingerprint density at radius 3 is 2.70 bits per heavy atom. The fraction of sp³-hybridized carbons (Fsp3) is 0.250. The van der Waals surface area contributed by atoms with Crippen molar-refractivity contribution < 1.29 is 31.6 Å². The Labute approximate surface area is 149 Å². The first kappa shape index (κ1) is 18.7. The number of nitrogens with zero attached hydrogens (tertiary/aromatic N) is 4. The molecule has 0 saturated heterocycles. The van der Waals surface area contributed by atoms with Crippen LogP contribution in [0.25, 0.3) is 11.4 Å². The number of ketones is 1. The van der Waals surface area contributed by atoms with Gasteiger partial charge in [0.25, 0.3) is 0 Å². The molecule has 7 nitrogen and oxygen atoms in total. The highest BCUT2D eigenvalue weighted by molar-refractivity contribution is 5.97. The van der Waals surface area contributed by atoms with Crippen LogP contribution in [0.5, 0.6) is 0 Å². The molecule has 0 unspecified atom stereocenters. The van der Waals surface area contributed by atoms with Crippen LogP contribution in [-0.4, -0.2) is 32.1 Å². The first-order chi connectivity index (χ1) is 12.7. The lowest BCUT2D eigenvalue weighted by Gasteiger charge is -2.05. The van der Waals surface area contributed by atoms with Crippen molar-refractivity contribution in [3.05, 3.63) is 53.7 Å². The van der Waals surface area contributed by atoms with E-state index in [9.17, 15) is 22.4 Å². The van der Waals surface area contributed by atoms with Crippen molar-refractivity contribution in [3.63, 3.8) is 0 Å². The summed E-state index contributed by atoms with van der Waals surface area (Å²) in [5.41, 5.74) is 0.288. The number of hydrogen-bond acceptors (Lipinski definition) is 6. The smallest absolute Gasteiger partial charge is 0.367 e. The average Bonchev–Trinajstić information content (AvgIpc) is 3.23. The molecule has 2 aromatic heterocycles. The Kier molecular flexibility index (Phi) is 5.04. The molecule has 3 rings (SSSR count). The van der Waals surface area contributed by atoms with Gasteiger partial charge in [-0.25, -0.2) is 9.37 Å². The zero-order chi connectivity index (χ0) is 19.6. The summed E-state index contributed by atoms with van der Waals surface area (Å²) in [6.45, 7) is -0.303. The van der Waals surface area contributed by atoms with Gasteiger partial charge < -0.3 is 13.8 Å². The standard InChI is InChI=1S/C16H12F4N4O3/c1-24-5-10(21-8-24)6-26-7-13(25)11-3-2-9(4-12(11)17)14-22-15(27-23-14)16(18,19)20/h2-5,8H,6-7H2,1H3. The van der Waals surface area contributed by atoms with Gasteiger partial charge in [-0.15, -0.1) is 0 Å². The maximum atomic E-state index is 14.2. The van der Waals surface area contributed by atoms with Crippen molar-refractivity contribution in [3.8, 4) is 11.4 Å². The van der Waals surface area contributed by atoms with E-state index in [1.807, 2.05) is 0 Å². The van der Waals surface area contributed by atoms with Gasteiger partial charge in [0.1, 0.15) is 12.4 Å². The number of carbonyl (C=O) groups is 1. The number of aromatic nitrogens is 4. The molecular formula is C16H12F4N4O3. The minimum atomic E-state index is -4.80. The molecule has 142 valence electrons. The Morgan fingerprint density at radius 1 is 1.33 bits per heavy atom. The Bertz CT molecular complexity index is 965. The van der Waals surface area contributed by atoms with Gasteiger partial charge in [0.2, 0.25) is 5.82 Å². The molecule has 0 fully saturated rings.